The Morgan fingerprint density at radius 2 is 1.76 bits per heavy atom. The van der Waals surface area contributed by atoms with E-state index < -0.39 is 0 Å². The summed E-state index contributed by atoms with van der Waals surface area (Å²) in [6, 6.07) is 13.7. The maximum atomic E-state index is 6.00. The van der Waals surface area contributed by atoms with Crippen molar-refractivity contribution >= 4 is 11.6 Å². The van der Waals surface area contributed by atoms with Crippen LogP contribution >= 0.6 is 11.6 Å². The van der Waals surface area contributed by atoms with Crippen LogP contribution in [0.2, 0.25) is 5.02 Å². The zero-order valence-electron chi connectivity index (χ0n) is 8.94. The molecule has 17 heavy (non-hydrogen) atoms. The number of benzene rings is 2. The fourth-order valence-corrected chi connectivity index (χ4v) is 2.61. The predicted molar refractivity (Wildman–Crippen MR) is 64.7 cm³/mol. The van der Waals surface area contributed by atoms with Crippen LogP contribution in [0.4, 0.5) is 0 Å². The van der Waals surface area contributed by atoms with Crippen molar-refractivity contribution in [1.82, 2.24) is 0 Å². The quantitative estimate of drug-likeness (QED) is 0.659. The minimum absolute atomic E-state index is 0.297. The summed E-state index contributed by atoms with van der Waals surface area (Å²) in [6.45, 7) is 0.710. The predicted octanol–water partition coefficient (Wildman–Crippen LogP) is 3.72. The second kappa shape index (κ2) is 3.03. The summed E-state index contributed by atoms with van der Waals surface area (Å²) in [6.07, 6.45) is 0. The van der Waals surface area contributed by atoms with Gasteiger partial charge in [0.2, 0.25) is 0 Å². The summed E-state index contributed by atoms with van der Waals surface area (Å²) in [5.41, 5.74) is 1.88. The van der Waals surface area contributed by atoms with E-state index in [1.165, 1.54) is 0 Å². The molecule has 0 amide bonds. The SMILES string of the molecule is Clc1ccc2c(c1)Oc1ccccc1C21CO1. The second-order valence-electron chi connectivity index (χ2n) is 4.35. The van der Waals surface area contributed by atoms with Crippen molar-refractivity contribution in [3.8, 4) is 11.5 Å². The lowest BCUT2D eigenvalue weighted by Gasteiger charge is -2.25. The first-order chi connectivity index (χ1) is 8.29. The molecule has 4 rings (SSSR count). The van der Waals surface area contributed by atoms with Gasteiger partial charge in [-0.3, -0.25) is 0 Å². The molecule has 2 aromatic carbocycles. The monoisotopic (exact) mass is 244 g/mol. The standard InChI is InChI=1S/C14H9ClO2/c15-9-5-6-11-13(7-9)17-12-4-2-1-3-10(12)14(11)8-16-14/h1-7H,8H2. The molecule has 1 unspecified atom stereocenters. The van der Waals surface area contributed by atoms with E-state index in [9.17, 15) is 0 Å². The number of ether oxygens (including phenoxy) is 2. The van der Waals surface area contributed by atoms with Crippen molar-refractivity contribution in [1.29, 1.82) is 0 Å². The van der Waals surface area contributed by atoms with Gasteiger partial charge < -0.3 is 9.47 Å². The summed E-state index contributed by atoms with van der Waals surface area (Å²) in [7, 11) is 0. The van der Waals surface area contributed by atoms with Crippen LogP contribution in [0.5, 0.6) is 11.5 Å². The van der Waals surface area contributed by atoms with Crippen LogP contribution in [-0.4, -0.2) is 6.61 Å². The number of para-hydroxylation sites is 1. The van der Waals surface area contributed by atoms with E-state index in [0.717, 1.165) is 22.6 Å². The number of halogens is 1. The van der Waals surface area contributed by atoms with Crippen LogP contribution in [0.25, 0.3) is 0 Å². The van der Waals surface area contributed by atoms with Crippen molar-refractivity contribution in [2.45, 2.75) is 5.60 Å². The summed E-state index contributed by atoms with van der Waals surface area (Å²) < 4.78 is 11.6. The van der Waals surface area contributed by atoms with Gasteiger partial charge in [0, 0.05) is 16.1 Å². The number of hydrogen-bond donors (Lipinski definition) is 0. The number of fused-ring (bicyclic) bond motifs is 4. The molecule has 84 valence electrons. The number of epoxide rings is 1. The zero-order chi connectivity index (χ0) is 11.5. The van der Waals surface area contributed by atoms with Gasteiger partial charge in [0.25, 0.3) is 0 Å². The molecule has 0 radical (unpaired) electrons. The Morgan fingerprint density at radius 3 is 2.59 bits per heavy atom. The molecule has 0 aliphatic carbocycles. The number of hydrogen-bond acceptors (Lipinski definition) is 2. The average Bonchev–Trinajstić information content (AvgIpc) is 3.10. The van der Waals surface area contributed by atoms with Crippen molar-refractivity contribution in [2.75, 3.05) is 6.61 Å². The topological polar surface area (TPSA) is 21.8 Å². The van der Waals surface area contributed by atoms with Crippen molar-refractivity contribution < 1.29 is 9.47 Å². The highest BCUT2D eigenvalue weighted by molar-refractivity contribution is 6.30. The van der Waals surface area contributed by atoms with Crippen LogP contribution in [0, 0.1) is 0 Å². The Morgan fingerprint density at radius 1 is 1.00 bits per heavy atom. The van der Waals surface area contributed by atoms with E-state index in [1.807, 2.05) is 36.4 Å². The largest absolute Gasteiger partial charge is 0.456 e. The molecule has 1 atom stereocenters. The summed E-state index contributed by atoms with van der Waals surface area (Å²) in [5, 5.41) is 0.680. The van der Waals surface area contributed by atoms with Crippen molar-refractivity contribution in [2.24, 2.45) is 0 Å². The van der Waals surface area contributed by atoms with Gasteiger partial charge >= 0.3 is 0 Å². The third kappa shape index (κ3) is 1.20. The minimum Gasteiger partial charge on any atom is -0.456 e. The average molecular weight is 245 g/mol. The molecule has 2 aliphatic heterocycles. The normalized spacial score (nSPS) is 23.8. The van der Waals surface area contributed by atoms with E-state index in [2.05, 4.69) is 6.07 Å². The highest BCUT2D eigenvalue weighted by atomic mass is 35.5. The van der Waals surface area contributed by atoms with Gasteiger partial charge in [-0.15, -0.1) is 0 Å². The fraction of sp³-hybridized carbons (Fsp3) is 0.143. The summed E-state index contributed by atoms with van der Waals surface area (Å²) >= 11 is 6.00. The lowest BCUT2D eigenvalue weighted by atomic mass is 9.88. The van der Waals surface area contributed by atoms with Gasteiger partial charge in [-0.25, -0.2) is 0 Å². The molecule has 0 N–H and O–H groups in total. The van der Waals surface area contributed by atoms with Gasteiger partial charge in [0.1, 0.15) is 17.1 Å². The van der Waals surface area contributed by atoms with Crippen molar-refractivity contribution in [3.05, 3.63) is 58.6 Å². The molecule has 0 aromatic heterocycles. The first-order valence-corrected chi connectivity index (χ1v) is 5.89. The Bertz CT molecular complexity index is 617. The molecular weight excluding hydrogens is 236 g/mol. The fourth-order valence-electron chi connectivity index (χ4n) is 2.45. The smallest absolute Gasteiger partial charge is 0.149 e. The van der Waals surface area contributed by atoms with Gasteiger partial charge in [-0.2, -0.15) is 0 Å². The molecular formula is C14H9ClO2. The van der Waals surface area contributed by atoms with Gasteiger partial charge in [0.15, 0.2) is 0 Å². The molecule has 2 aliphatic rings. The highest BCUT2D eigenvalue weighted by Crippen LogP contribution is 2.55. The molecule has 1 fully saturated rings. The maximum Gasteiger partial charge on any atom is 0.149 e. The maximum absolute atomic E-state index is 6.00. The van der Waals surface area contributed by atoms with Crippen LogP contribution < -0.4 is 4.74 Å². The van der Waals surface area contributed by atoms with Crippen LogP contribution in [0.3, 0.4) is 0 Å². The summed E-state index contributed by atoms with van der Waals surface area (Å²) in [5.74, 6) is 1.66. The van der Waals surface area contributed by atoms with Gasteiger partial charge in [0.05, 0.1) is 6.61 Å². The first-order valence-electron chi connectivity index (χ1n) is 5.51. The van der Waals surface area contributed by atoms with E-state index in [-0.39, 0.29) is 5.60 Å². The molecule has 0 bridgehead atoms. The Labute approximate surface area is 104 Å². The van der Waals surface area contributed by atoms with Crippen molar-refractivity contribution in [3.63, 3.8) is 0 Å². The summed E-state index contributed by atoms with van der Waals surface area (Å²) in [4.78, 5) is 0. The van der Waals surface area contributed by atoms with E-state index in [4.69, 9.17) is 21.1 Å². The van der Waals surface area contributed by atoms with Gasteiger partial charge in [-0.05, 0) is 18.2 Å². The molecule has 1 saturated heterocycles. The second-order valence-corrected chi connectivity index (χ2v) is 4.79. The molecule has 3 heteroatoms. The lowest BCUT2D eigenvalue weighted by Crippen LogP contribution is -2.17. The zero-order valence-corrected chi connectivity index (χ0v) is 9.70. The number of rotatable bonds is 0. The Hall–Kier alpha value is -1.51. The van der Waals surface area contributed by atoms with E-state index >= 15 is 0 Å². The third-order valence-electron chi connectivity index (χ3n) is 3.35. The van der Waals surface area contributed by atoms with Crippen LogP contribution in [0.1, 0.15) is 11.1 Å². The van der Waals surface area contributed by atoms with E-state index in [1.54, 1.807) is 0 Å². The molecule has 1 spiro atoms. The molecule has 2 nitrogen and oxygen atoms in total. The first kappa shape index (κ1) is 9.51. The van der Waals surface area contributed by atoms with Gasteiger partial charge in [-0.1, -0.05) is 35.9 Å². The Kier molecular flexibility index (Phi) is 1.70. The Balaban J connectivity index is 2.00. The molecule has 2 heterocycles. The third-order valence-corrected chi connectivity index (χ3v) is 3.59. The minimum atomic E-state index is -0.297. The molecule has 2 aromatic rings. The van der Waals surface area contributed by atoms with Crippen LogP contribution in [0.15, 0.2) is 42.5 Å². The van der Waals surface area contributed by atoms with Crippen LogP contribution in [-0.2, 0) is 10.3 Å². The molecule has 0 saturated carbocycles. The lowest BCUT2D eigenvalue weighted by molar-refractivity contribution is 0.317. The van der Waals surface area contributed by atoms with E-state index in [0.29, 0.717) is 11.6 Å². The highest BCUT2D eigenvalue weighted by Gasteiger charge is 2.53.